The zero-order valence-electron chi connectivity index (χ0n) is 10.2. The van der Waals surface area contributed by atoms with Gasteiger partial charge in [-0.3, -0.25) is 0 Å². The molecule has 20 heavy (non-hydrogen) atoms. The van der Waals surface area contributed by atoms with Gasteiger partial charge in [-0.2, -0.15) is 0 Å². The Morgan fingerprint density at radius 2 is 1.30 bits per heavy atom. The second kappa shape index (κ2) is 5.90. The molecule has 0 amide bonds. The predicted octanol–water partition coefficient (Wildman–Crippen LogP) is 3.61. The summed E-state index contributed by atoms with van der Waals surface area (Å²) in [6.45, 7) is 0. The highest BCUT2D eigenvalue weighted by Gasteiger charge is 2.26. The number of anilines is 1. The molecule has 0 atom stereocenters. The van der Waals surface area contributed by atoms with Gasteiger partial charge in [0.1, 0.15) is 5.69 Å². The number of halogens is 5. The van der Waals surface area contributed by atoms with Crippen LogP contribution in [0.5, 0.6) is 0 Å². The molecule has 0 spiro atoms. The summed E-state index contributed by atoms with van der Waals surface area (Å²) in [7, 11) is 0. The summed E-state index contributed by atoms with van der Waals surface area (Å²) in [6, 6.07) is 0.0521. The van der Waals surface area contributed by atoms with Crippen LogP contribution in [0.2, 0.25) is 0 Å². The lowest BCUT2D eigenvalue weighted by Crippen LogP contribution is -2.36. The van der Waals surface area contributed by atoms with E-state index < -0.39 is 34.8 Å². The lowest BCUT2D eigenvalue weighted by molar-refractivity contribution is 0.382. The maximum atomic E-state index is 13.4. The van der Waals surface area contributed by atoms with Crippen molar-refractivity contribution in [2.24, 2.45) is 0 Å². The van der Waals surface area contributed by atoms with E-state index in [2.05, 4.69) is 5.32 Å². The fraction of sp³-hybridized carbons (Fsp3) is 0.417. The van der Waals surface area contributed by atoms with E-state index in [1.807, 2.05) is 5.32 Å². The van der Waals surface area contributed by atoms with Crippen LogP contribution in [0.1, 0.15) is 25.7 Å². The number of hydrogen-bond donors (Lipinski definition) is 2. The minimum absolute atomic E-state index is 0.0521. The van der Waals surface area contributed by atoms with E-state index in [0.717, 1.165) is 25.7 Å². The van der Waals surface area contributed by atoms with Gasteiger partial charge in [0.15, 0.2) is 28.4 Å². The molecular formula is C12H11F5N2S. The van der Waals surface area contributed by atoms with Gasteiger partial charge < -0.3 is 10.6 Å². The highest BCUT2D eigenvalue weighted by molar-refractivity contribution is 7.80. The number of rotatable bonds is 2. The fourth-order valence-corrected chi connectivity index (χ4v) is 2.39. The summed E-state index contributed by atoms with van der Waals surface area (Å²) >= 11 is 4.82. The zero-order valence-corrected chi connectivity index (χ0v) is 11.0. The smallest absolute Gasteiger partial charge is 0.200 e. The van der Waals surface area contributed by atoms with Crippen molar-refractivity contribution in [3.63, 3.8) is 0 Å². The largest absolute Gasteiger partial charge is 0.360 e. The Bertz CT molecular complexity index is 514. The first-order valence-electron chi connectivity index (χ1n) is 6.00. The van der Waals surface area contributed by atoms with Crippen molar-refractivity contribution < 1.29 is 22.0 Å². The van der Waals surface area contributed by atoms with Gasteiger partial charge in [-0.25, -0.2) is 22.0 Å². The molecule has 1 aromatic rings. The van der Waals surface area contributed by atoms with Gasteiger partial charge in [0.2, 0.25) is 5.82 Å². The molecule has 0 heterocycles. The Balaban J connectivity index is 2.18. The topological polar surface area (TPSA) is 24.1 Å². The second-order valence-corrected chi connectivity index (χ2v) is 4.93. The summed E-state index contributed by atoms with van der Waals surface area (Å²) in [5.74, 6) is -10.1. The molecule has 1 saturated carbocycles. The Morgan fingerprint density at radius 1 is 0.850 bits per heavy atom. The van der Waals surface area contributed by atoms with Crippen molar-refractivity contribution in [2.75, 3.05) is 5.32 Å². The SMILES string of the molecule is Fc1c(F)c(F)c(NC(=S)NC2CCCC2)c(F)c1F. The monoisotopic (exact) mass is 310 g/mol. The summed E-state index contributed by atoms with van der Waals surface area (Å²) in [6.07, 6.45) is 3.70. The minimum Gasteiger partial charge on any atom is -0.360 e. The van der Waals surface area contributed by atoms with Gasteiger partial charge in [0.25, 0.3) is 0 Å². The van der Waals surface area contributed by atoms with Crippen molar-refractivity contribution in [2.45, 2.75) is 31.7 Å². The van der Waals surface area contributed by atoms with E-state index in [-0.39, 0.29) is 11.2 Å². The van der Waals surface area contributed by atoms with Gasteiger partial charge >= 0.3 is 0 Å². The number of nitrogens with one attached hydrogen (secondary N) is 2. The summed E-state index contributed by atoms with van der Waals surface area (Å²) in [4.78, 5) is 0. The third-order valence-electron chi connectivity index (χ3n) is 3.14. The van der Waals surface area contributed by atoms with Crippen LogP contribution in [0.4, 0.5) is 27.6 Å². The lowest BCUT2D eigenvalue weighted by Gasteiger charge is -2.16. The third-order valence-corrected chi connectivity index (χ3v) is 3.36. The highest BCUT2D eigenvalue weighted by atomic mass is 32.1. The Hall–Kier alpha value is -1.44. The molecule has 1 aliphatic rings. The number of benzene rings is 1. The van der Waals surface area contributed by atoms with Crippen LogP contribution in [0, 0.1) is 29.1 Å². The zero-order chi connectivity index (χ0) is 14.9. The number of hydrogen-bond acceptors (Lipinski definition) is 1. The van der Waals surface area contributed by atoms with E-state index in [9.17, 15) is 22.0 Å². The van der Waals surface area contributed by atoms with Crippen LogP contribution in [0.25, 0.3) is 0 Å². The van der Waals surface area contributed by atoms with Crippen molar-refractivity contribution >= 4 is 23.0 Å². The third kappa shape index (κ3) is 2.84. The van der Waals surface area contributed by atoms with Gasteiger partial charge in [0, 0.05) is 6.04 Å². The predicted molar refractivity (Wildman–Crippen MR) is 67.8 cm³/mol. The summed E-state index contributed by atoms with van der Waals surface area (Å²) in [5.41, 5.74) is -1.14. The lowest BCUT2D eigenvalue weighted by atomic mass is 10.2. The molecular weight excluding hydrogens is 299 g/mol. The van der Waals surface area contributed by atoms with Crippen molar-refractivity contribution in [1.82, 2.24) is 5.32 Å². The molecule has 0 bridgehead atoms. The molecule has 0 aliphatic heterocycles. The number of thiocarbonyl (C=S) groups is 1. The van der Waals surface area contributed by atoms with Gasteiger partial charge in [-0.1, -0.05) is 12.8 Å². The molecule has 1 aromatic carbocycles. The van der Waals surface area contributed by atoms with Gasteiger partial charge in [0.05, 0.1) is 0 Å². The average molecular weight is 310 g/mol. The Morgan fingerprint density at radius 3 is 1.80 bits per heavy atom. The maximum absolute atomic E-state index is 13.4. The molecule has 2 nitrogen and oxygen atoms in total. The van der Waals surface area contributed by atoms with E-state index in [1.54, 1.807) is 0 Å². The van der Waals surface area contributed by atoms with Crippen LogP contribution in [0.3, 0.4) is 0 Å². The summed E-state index contributed by atoms with van der Waals surface area (Å²) < 4.78 is 65.7. The average Bonchev–Trinajstić information content (AvgIpc) is 2.92. The van der Waals surface area contributed by atoms with Gasteiger partial charge in [-0.05, 0) is 25.1 Å². The van der Waals surface area contributed by atoms with Crippen LogP contribution in [-0.4, -0.2) is 11.2 Å². The van der Waals surface area contributed by atoms with E-state index in [1.165, 1.54) is 0 Å². The molecule has 2 N–H and O–H groups in total. The van der Waals surface area contributed by atoms with E-state index in [0.29, 0.717) is 0 Å². The molecule has 0 unspecified atom stereocenters. The minimum atomic E-state index is -2.19. The second-order valence-electron chi connectivity index (χ2n) is 4.52. The fourth-order valence-electron chi connectivity index (χ4n) is 2.12. The summed E-state index contributed by atoms with van der Waals surface area (Å²) in [5, 5.41) is 4.66. The highest BCUT2D eigenvalue weighted by Crippen LogP contribution is 2.27. The van der Waals surface area contributed by atoms with E-state index >= 15 is 0 Å². The normalized spacial score (nSPS) is 15.4. The van der Waals surface area contributed by atoms with Crippen molar-refractivity contribution in [3.8, 4) is 0 Å². The molecule has 0 aromatic heterocycles. The maximum Gasteiger partial charge on any atom is 0.200 e. The molecule has 0 saturated heterocycles. The molecule has 0 radical (unpaired) electrons. The molecule has 1 aliphatic carbocycles. The molecule has 110 valence electrons. The van der Waals surface area contributed by atoms with E-state index in [4.69, 9.17) is 12.2 Å². The first-order chi connectivity index (χ1) is 9.41. The Labute approximate surface area is 117 Å². The van der Waals surface area contributed by atoms with Crippen molar-refractivity contribution in [3.05, 3.63) is 29.1 Å². The van der Waals surface area contributed by atoms with Crippen LogP contribution in [0.15, 0.2) is 0 Å². The van der Waals surface area contributed by atoms with Crippen LogP contribution >= 0.6 is 12.2 Å². The first kappa shape index (κ1) is 15.0. The Kier molecular flexibility index (Phi) is 4.42. The molecule has 1 fully saturated rings. The van der Waals surface area contributed by atoms with Crippen molar-refractivity contribution in [1.29, 1.82) is 0 Å². The van der Waals surface area contributed by atoms with Gasteiger partial charge in [-0.15, -0.1) is 0 Å². The quantitative estimate of drug-likeness (QED) is 0.378. The van der Waals surface area contributed by atoms with Crippen LogP contribution < -0.4 is 10.6 Å². The van der Waals surface area contributed by atoms with Crippen LogP contribution in [-0.2, 0) is 0 Å². The first-order valence-corrected chi connectivity index (χ1v) is 6.41. The molecule has 8 heteroatoms. The molecule has 2 rings (SSSR count). The standard InChI is InChI=1S/C12H11F5N2S/c13-6-7(14)9(16)11(10(17)8(6)15)19-12(20)18-5-3-1-2-4-5/h5H,1-4H2,(H2,18,19,20).